The predicted octanol–water partition coefficient (Wildman–Crippen LogP) is 5.94. The van der Waals surface area contributed by atoms with E-state index < -0.39 is 30.1 Å². The van der Waals surface area contributed by atoms with Crippen LogP contribution >= 0.6 is 11.5 Å². The smallest absolute Gasteiger partial charge is 0.433 e. The number of nitrogens with zero attached hydrogens (tertiary/aromatic N) is 5. The molecule has 6 nitrogen and oxygen atoms in total. The SMILES string of the molecule is Cc1cc(N2C[C@H]3CC[C@@H](C2)C3Cc2nc3c(OCC4(C(F)(F)F)CC4)ccc(C(F)(F)F)n3n2)sn1. The Kier molecular flexibility index (Phi) is 5.67. The predicted molar refractivity (Wildman–Crippen MR) is 124 cm³/mol. The summed E-state index contributed by atoms with van der Waals surface area (Å²) in [5.41, 5.74) is -2.21. The highest BCUT2D eigenvalue weighted by Gasteiger charge is 2.64. The third-order valence-electron chi connectivity index (χ3n) is 8.12. The van der Waals surface area contributed by atoms with Gasteiger partial charge in [-0.2, -0.15) is 35.8 Å². The minimum absolute atomic E-state index is 0.0616. The van der Waals surface area contributed by atoms with E-state index in [1.807, 2.05) is 6.92 Å². The Morgan fingerprint density at radius 1 is 1.08 bits per heavy atom. The second-order valence-corrected chi connectivity index (χ2v) is 11.4. The van der Waals surface area contributed by atoms with Crippen LogP contribution in [-0.2, 0) is 12.6 Å². The topological polar surface area (TPSA) is 55.6 Å². The van der Waals surface area contributed by atoms with Gasteiger partial charge in [-0.25, -0.2) is 9.50 Å². The van der Waals surface area contributed by atoms with Crippen LogP contribution < -0.4 is 9.64 Å². The molecule has 3 aromatic heterocycles. The molecule has 0 N–H and O–H groups in total. The molecule has 1 unspecified atom stereocenters. The van der Waals surface area contributed by atoms with E-state index in [0.29, 0.717) is 22.8 Å². The summed E-state index contributed by atoms with van der Waals surface area (Å²) in [6.07, 6.45) is -6.79. The number of alkyl halides is 6. The zero-order valence-corrected chi connectivity index (χ0v) is 20.8. The van der Waals surface area contributed by atoms with Crippen LogP contribution in [0.15, 0.2) is 18.2 Å². The summed E-state index contributed by atoms with van der Waals surface area (Å²) in [5.74, 6) is 1.06. The zero-order valence-electron chi connectivity index (χ0n) is 19.9. The first kappa shape index (κ1) is 24.7. The molecular formula is C24H25F6N5OS. The fourth-order valence-electron chi connectivity index (χ4n) is 5.83. The number of pyridine rings is 1. The molecule has 6 rings (SSSR count). The van der Waals surface area contributed by atoms with Crippen molar-refractivity contribution in [2.24, 2.45) is 23.2 Å². The van der Waals surface area contributed by atoms with Crippen molar-refractivity contribution in [3.63, 3.8) is 0 Å². The molecule has 4 heterocycles. The van der Waals surface area contributed by atoms with E-state index in [2.05, 4.69) is 25.4 Å². The number of fused-ring (bicyclic) bond motifs is 3. The quantitative estimate of drug-likeness (QED) is 0.359. The molecule has 0 radical (unpaired) electrons. The van der Waals surface area contributed by atoms with E-state index in [-0.39, 0.29) is 36.0 Å². The lowest BCUT2D eigenvalue weighted by atomic mass is 9.82. The molecule has 0 spiro atoms. The fraction of sp³-hybridized carbons (Fsp3) is 0.625. The van der Waals surface area contributed by atoms with Gasteiger partial charge in [0.15, 0.2) is 17.2 Å². The number of halogens is 6. The molecule has 200 valence electrons. The van der Waals surface area contributed by atoms with Crippen LogP contribution in [0, 0.1) is 30.1 Å². The number of piperidine rings is 1. The van der Waals surface area contributed by atoms with Gasteiger partial charge in [-0.1, -0.05) is 0 Å². The van der Waals surface area contributed by atoms with Gasteiger partial charge in [-0.05, 0) is 80.1 Å². The molecule has 2 bridgehead atoms. The van der Waals surface area contributed by atoms with Gasteiger partial charge < -0.3 is 9.64 Å². The summed E-state index contributed by atoms with van der Waals surface area (Å²) < 4.78 is 91.7. The monoisotopic (exact) mass is 545 g/mol. The number of hydrogen-bond donors (Lipinski definition) is 0. The fourth-order valence-corrected chi connectivity index (χ4v) is 6.61. The van der Waals surface area contributed by atoms with Crippen molar-refractivity contribution in [1.82, 2.24) is 19.0 Å². The van der Waals surface area contributed by atoms with E-state index in [0.717, 1.165) is 48.8 Å². The van der Waals surface area contributed by atoms with Crippen LogP contribution in [0.4, 0.5) is 31.3 Å². The van der Waals surface area contributed by atoms with Crippen LogP contribution in [-0.4, -0.2) is 44.8 Å². The highest BCUT2D eigenvalue weighted by Crippen LogP contribution is 2.57. The first-order chi connectivity index (χ1) is 17.4. The van der Waals surface area contributed by atoms with Crippen molar-refractivity contribution in [2.45, 2.75) is 51.4 Å². The Hall–Kier alpha value is -2.57. The Labute approximate surface area is 212 Å². The summed E-state index contributed by atoms with van der Waals surface area (Å²) in [5, 5.41) is 5.31. The van der Waals surface area contributed by atoms with Crippen LogP contribution in [0.3, 0.4) is 0 Å². The third-order valence-corrected chi connectivity index (χ3v) is 9.06. The number of aryl methyl sites for hydroxylation is 1. The minimum atomic E-state index is -4.71. The second-order valence-electron chi connectivity index (χ2n) is 10.6. The maximum absolute atomic E-state index is 13.7. The number of rotatable bonds is 6. The maximum Gasteiger partial charge on any atom is 0.433 e. The van der Waals surface area contributed by atoms with Crippen molar-refractivity contribution < 1.29 is 31.1 Å². The second kappa shape index (κ2) is 8.47. The first-order valence-corrected chi connectivity index (χ1v) is 13.0. The lowest BCUT2D eigenvalue weighted by Gasteiger charge is -2.38. The van der Waals surface area contributed by atoms with Gasteiger partial charge in [0, 0.05) is 19.5 Å². The molecule has 13 heteroatoms. The van der Waals surface area contributed by atoms with Gasteiger partial charge in [0.1, 0.15) is 22.7 Å². The van der Waals surface area contributed by atoms with Gasteiger partial charge in [0.05, 0.1) is 5.69 Å². The van der Waals surface area contributed by atoms with Crippen LogP contribution in [0.1, 0.15) is 42.9 Å². The minimum Gasteiger partial charge on any atom is -0.489 e. The van der Waals surface area contributed by atoms with Crippen molar-refractivity contribution in [1.29, 1.82) is 0 Å². The summed E-state index contributed by atoms with van der Waals surface area (Å²) in [7, 11) is 0. The maximum atomic E-state index is 13.7. The van der Waals surface area contributed by atoms with E-state index in [1.165, 1.54) is 11.5 Å². The van der Waals surface area contributed by atoms with Crippen LogP contribution in [0.25, 0.3) is 5.65 Å². The average Bonchev–Trinajstić information content (AvgIpc) is 3.24. The normalized spacial score (nSPS) is 25.2. The lowest BCUT2D eigenvalue weighted by Crippen LogP contribution is -2.42. The molecule has 2 aliphatic carbocycles. The van der Waals surface area contributed by atoms with Crippen molar-refractivity contribution in [3.8, 4) is 5.75 Å². The molecule has 3 aliphatic rings. The van der Waals surface area contributed by atoms with Crippen LogP contribution in [0.2, 0.25) is 0 Å². The Bertz CT molecular complexity index is 1300. The highest BCUT2D eigenvalue weighted by molar-refractivity contribution is 7.10. The standard InChI is InChI=1S/C24H25F6N5OS/c1-13-8-20(37-33-13)34-10-14-2-3-15(11-34)16(14)9-19-31-21-17(36-12-22(6-7-22)24(28,29)30)4-5-18(23(25,26)27)35(21)32-19/h4-5,8,14-16H,2-3,6-7,9-12H2,1H3/t14-,15+,16?. The summed E-state index contributed by atoms with van der Waals surface area (Å²) in [4.78, 5) is 6.70. The molecule has 0 aromatic carbocycles. The summed E-state index contributed by atoms with van der Waals surface area (Å²) in [6, 6.07) is 3.90. The number of hydrogen-bond acceptors (Lipinski definition) is 6. The van der Waals surface area contributed by atoms with E-state index in [4.69, 9.17) is 4.74 Å². The highest BCUT2D eigenvalue weighted by atomic mass is 32.1. The Balaban J connectivity index is 1.25. The largest absolute Gasteiger partial charge is 0.489 e. The number of ether oxygens (including phenoxy) is 1. The molecule has 2 saturated carbocycles. The molecule has 0 amide bonds. The van der Waals surface area contributed by atoms with Gasteiger partial charge in [-0.15, -0.1) is 0 Å². The first-order valence-electron chi connectivity index (χ1n) is 12.3. The van der Waals surface area contributed by atoms with E-state index in [1.54, 1.807) is 0 Å². The van der Waals surface area contributed by atoms with E-state index in [9.17, 15) is 26.3 Å². The summed E-state index contributed by atoms with van der Waals surface area (Å²) in [6.45, 7) is 2.99. The average molecular weight is 546 g/mol. The summed E-state index contributed by atoms with van der Waals surface area (Å²) >= 11 is 1.47. The van der Waals surface area contributed by atoms with Crippen molar-refractivity contribution in [2.75, 3.05) is 24.6 Å². The van der Waals surface area contributed by atoms with Gasteiger partial charge >= 0.3 is 12.4 Å². The van der Waals surface area contributed by atoms with Gasteiger partial charge in [-0.3, -0.25) is 0 Å². The number of anilines is 1. The molecule has 3 atom stereocenters. The van der Waals surface area contributed by atoms with Crippen molar-refractivity contribution in [3.05, 3.63) is 35.4 Å². The van der Waals surface area contributed by atoms with E-state index >= 15 is 0 Å². The van der Waals surface area contributed by atoms with Gasteiger partial charge in [0.2, 0.25) is 0 Å². The zero-order chi connectivity index (χ0) is 26.2. The van der Waals surface area contributed by atoms with Gasteiger partial charge in [0.25, 0.3) is 0 Å². The number of aromatic nitrogens is 4. The lowest BCUT2D eigenvalue weighted by molar-refractivity contribution is -0.194. The molecule has 37 heavy (non-hydrogen) atoms. The molecule has 1 aliphatic heterocycles. The molecule has 1 saturated heterocycles. The Morgan fingerprint density at radius 2 is 1.78 bits per heavy atom. The molecular weight excluding hydrogens is 520 g/mol. The third kappa shape index (κ3) is 4.42. The Morgan fingerprint density at radius 3 is 2.35 bits per heavy atom. The van der Waals surface area contributed by atoms with Crippen molar-refractivity contribution >= 4 is 22.2 Å². The molecule has 3 aromatic rings. The van der Waals surface area contributed by atoms with Crippen LogP contribution in [0.5, 0.6) is 5.75 Å². The molecule has 3 fully saturated rings.